The summed E-state index contributed by atoms with van der Waals surface area (Å²) in [6, 6.07) is 6.73. The van der Waals surface area contributed by atoms with Crippen molar-refractivity contribution in [1.29, 1.82) is 0 Å². The molecule has 0 radical (unpaired) electrons. The van der Waals surface area contributed by atoms with Crippen molar-refractivity contribution >= 4 is 22.5 Å². The average Bonchev–Trinajstić information content (AvgIpc) is 2.69. The number of fused-ring (bicyclic) bond motifs is 2. The molecule has 0 aliphatic heterocycles. The Balaban J connectivity index is 2.21. The number of aromatic nitrogens is 1. The monoisotopic (exact) mass is 379 g/mol. The molecule has 1 heterocycles. The van der Waals surface area contributed by atoms with Crippen molar-refractivity contribution in [2.45, 2.75) is 6.92 Å². The van der Waals surface area contributed by atoms with Crippen molar-refractivity contribution in [3.8, 4) is 34.1 Å². The number of nitrogens with zero attached hydrogens (tertiary/aromatic N) is 1. The Kier molecular flexibility index (Phi) is 4.15. The van der Waals surface area contributed by atoms with Crippen LogP contribution >= 0.6 is 0 Å². The third kappa shape index (κ3) is 2.40. The number of benzene rings is 2. The summed E-state index contributed by atoms with van der Waals surface area (Å²) >= 11 is 0. The third-order valence-electron chi connectivity index (χ3n) is 4.68. The van der Waals surface area contributed by atoms with E-state index in [9.17, 15) is 9.59 Å². The standard InChI is InChI=1S/C21H17NO6/c1-10(23)28-13-6-5-12-16(20(13)26-3)17-15-11(7-8-22-18(15)19(12)24)9-14(25-2)21(17)27-4/h5-9H,1-4H3. The smallest absolute Gasteiger partial charge is 0.308 e. The highest BCUT2D eigenvalue weighted by molar-refractivity contribution is 6.27. The first kappa shape index (κ1) is 17.8. The number of hydrogen-bond acceptors (Lipinski definition) is 7. The Morgan fingerprint density at radius 2 is 1.64 bits per heavy atom. The molecule has 0 spiro atoms. The number of pyridine rings is 1. The van der Waals surface area contributed by atoms with E-state index in [2.05, 4.69) is 4.98 Å². The fourth-order valence-electron chi connectivity index (χ4n) is 3.63. The minimum Gasteiger partial charge on any atom is -0.493 e. The van der Waals surface area contributed by atoms with Crippen LogP contribution in [0.3, 0.4) is 0 Å². The lowest BCUT2D eigenvalue weighted by atomic mass is 9.83. The number of ether oxygens (including phenoxy) is 4. The van der Waals surface area contributed by atoms with Gasteiger partial charge >= 0.3 is 5.97 Å². The fraction of sp³-hybridized carbons (Fsp3) is 0.190. The van der Waals surface area contributed by atoms with E-state index in [-0.39, 0.29) is 17.3 Å². The van der Waals surface area contributed by atoms with Gasteiger partial charge in [-0.3, -0.25) is 14.6 Å². The number of esters is 1. The average molecular weight is 379 g/mol. The van der Waals surface area contributed by atoms with Gasteiger partial charge in [0.25, 0.3) is 0 Å². The van der Waals surface area contributed by atoms with Crippen LogP contribution < -0.4 is 18.9 Å². The predicted molar refractivity (Wildman–Crippen MR) is 102 cm³/mol. The minimum atomic E-state index is -0.495. The van der Waals surface area contributed by atoms with Gasteiger partial charge in [0.05, 0.1) is 21.3 Å². The molecule has 0 N–H and O–H groups in total. The van der Waals surface area contributed by atoms with Crippen LogP contribution in [0.5, 0.6) is 23.0 Å². The van der Waals surface area contributed by atoms with Gasteiger partial charge in [0.1, 0.15) is 5.69 Å². The van der Waals surface area contributed by atoms with Crippen LogP contribution in [0.1, 0.15) is 23.0 Å². The van der Waals surface area contributed by atoms with Gasteiger partial charge in [0.2, 0.25) is 5.78 Å². The Hall–Kier alpha value is -3.61. The minimum absolute atomic E-state index is 0.215. The molecule has 7 heteroatoms. The lowest BCUT2D eigenvalue weighted by Gasteiger charge is -2.25. The maximum absolute atomic E-state index is 13.2. The van der Waals surface area contributed by atoms with Crippen LogP contribution in [0.2, 0.25) is 0 Å². The van der Waals surface area contributed by atoms with Crippen molar-refractivity contribution in [1.82, 2.24) is 4.98 Å². The summed E-state index contributed by atoms with van der Waals surface area (Å²) in [6.45, 7) is 1.30. The summed E-state index contributed by atoms with van der Waals surface area (Å²) in [4.78, 5) is 29.0. The molecule has 0 fully saturated rings. The van der Waals surface area contributed by atoms with Gasteiger partial charge in [-0.15, -0.1) is 0 Å². The molecule has 0 bridgehead atoms. The number of hydrogen-bond donors (Lipinski definition) is 0. The molecular weight excluding hydrogens is 362 g/mol. The first-order valence-electron chi connectivity index (χ1n) is 8.50. The second-order valence-corrected chi connectivity index (χ2v) is 6.19. The van der Waals surface area contributed by atoms with Crippen molar-refractivity contribution in [2.75, 3.05) is 21.3 Å². The largest absolute Gasteiger partial charge is 0.493 e. The Morgan fingerprint density at radius 3 is 2.29 bits per heavy atom. The zero-order valence-corrected chi connectivity index (χ0v) is 15.8. The summed E-state index contributed by atoms with van der Waals surface area (Å²) in [5, 5.41) is 1.41. The molecule has 1 aliphatic rings. The molecule has 3 aromatic rings. The Morgan fingerprint density at radius 1 is 0.929 bits per heavy atom. The summed E-state index contributed by atoms with van der Waals surface area (Å²) in [6.07, 6.45) is 1.58. The molecule has 1 aliphatic carbocycles. The highest BCUT2D eigenvalue weighted by Gasteiger charge is 2.34. The molecule has 142 valence electrons. The summed E-state index contributed by atoms with van der Waals surface area (Å²) < 4.78 is 22.0. The lowest BCUT2D eigenvalue weighted by molar-refractivity contribution is -0.132. The SMILES string of the molecule is COc1cc2ccnc3c2c(c1OC)-c1c(ccc(OC(C)=O)c1OC)C3=O. The van der Waals surface area contributed by atoms with Gasteiger partial charge in [0.15, 0.2) is 23.0 Å². The van der Waals surface area contributed by atoms with Crippen LogP contribution in [-0.4, -0.2) is 38.1 Å². The quantitative estimate of drug-likeness (QED) is 0.397. The number of carbonyl (C=O) groups is 2. The summed E-state index contributed by atoms with van der Waals surface area (Å²) in [7, 11) is 4.52. The molecule has 0 saturated heterocycles. The number of methoxy groups -OCH3 is 3. The molecule has 0 atom stereocenters. The predicted octanol–water partition coefficient (Wildman–Crippen LogP) is 3.40. The molecule has 0 amide bonds. The van der Waals surface area contributed by atoms with Crippen molar-refractivity contribution < 1.29 is 28.5 Å². The topological polar surface area (TPSA) is 83.9 Å². The van der Waals surface area contributed by atoms with Crippen LogP contribution in [0.4, 0.5) is 0 Å². The van der Waals surface area contributed by atoms with Gasteiger partial charge in [-0.25, -0.2) is 0 Å². The van der Waals surface area contributed by atoms with Crippen LogP contribution in [0.25, 0.3) is 21.9 Å². The maximum Gasteiger partial charge on any atom is 0.308 e. The summed E-state index contributed by atoms with van der Waals surface area (Å²) in [5.74, 6) is 0.687. The molecule has 0 unspecified atom stereocenters. The first-order chi connectivity index (χ1) is 13.5. The lowest BCUT2D eigenvalue weighted by Crippen LogP contribution is -2.15. The van der Waals surface area contributed by atoms with Gasteiger partial charge in [-0.1, -0.05) is 0 Å². The van der Waals surface area contributed by atoms with Crippen molar-refractivity contribution in [3.63, 3.8) is 0 Å². The zero-order valence-electron chi connectivity index (χ0n) is 15.8. The third-order valence-corrected chi connectivity index (χ3v) is 4.68. The molecular formula is C21H17NO6. The number of carbonyl (C=O) groups excluding carboxylic acids is 2. The van der Waals surface area contributed by atoms with E-state index in [0.717, 1.165) is 5.39 Å². The van der Waals surface area contributed by atoms with Crippen LogP contribution in [0, 0.1) is 0 Å². The highest BCUT2D eigenvalue weighted by Crippen LogP contribution is 2.53. The Bertz CT molecular complexity index is 1150. The van der Waals surface area contributed by atoms with E-state index in [0.29, 0.717) is 39.3 Å². The second kappa shape index (κ2) is 6.53. The number of rotatable bonds is 4. The van der Waals surface area contributed by atoms with Gasteiger partial charge in [-0.2, -0.15) is 0 Å². The van der Waals surface area contributed by atoms with E-state index in [1.165, 1.54) is 27.2 Å². The first-order valence-corrected chi connectivity index (χ1v) is 8.50. The Labute approximate surface area is 160 Å². The zero-order chi connectivity index (χ0) is 20.0. The number of ketones is 1. The van der Waals surface area contributed by atoms with Crippen LogP contribution in [0.15, 0.2) is 30.5 Å². The molecule has 28 heavy (non-hydrogen) atoms. The molecule has 4 rings (SSSR count). The van der Waals surface area contributed by atoms with E-state index < -0.39 is 5.97 Å². The van der Waals surface area contributed by atoms with Crippen molar-refractivity contribution in [2.24, 2.45) is 0 Å². The molecule has 0 saturated carbocycles. The van der Waals surface area contributed by atoms with E-state index in [4.69, 9.17) is 18.9 Å². The van der Waals surface area contributed by atoms with Gasteiger partial charge in [0, 0.05) is 35.2 Å². The van der Waals surface area contributed by atoms with E-state index in [1.807, 2.05) is 0 Å². The molecule has 2 aromatic carbocycles. The highest BCUT2D eigenvalue weighted by atomic mass is 16.6. The van der Waals surface area contributed by atoms with Gasteiger partial charge < -0.3 is 18.9 Å². The van der Waals surface area contributed by atoms with Crippen LogP contribution in [-0.2, 0) is 4.79 Å². The van der Waals surface area contributed by atoms with Gasteiger partial charge in [-0.05, 0) is 29.7 Å². The molecule has 1 aromatic heterocycles. The molecule has 7 nitrogen and oxygen atoms in total. The van der Waals surface area contributed by atoms with Crippen molar-refractivity contribution in [3.05, 3.63) is 41.7 Å². The second-order valence-electron chi connectivity index (χ2n) is 6.19. The maximum atomic E-state index is 13.2. The summed E-state index contributed by atoms with van der Waals surface area (Å²) in [5.41, 5.74) is 1.79. The normalized spacial score (nSPS) is 11.8. The van der Waals surface area contributed by atoms with E-state index >= 15 is 0 Å². The fourth-order valence-corrected chi connectivity index (χ4v) is 3.63. The van der Waals surface area contributed by atoms with E-state index in [1.54, 1.807) is 31.5 Å².